The summed E-state index contributed by atoms with van der Waals surface area (Å²) >= 11 is 0. The molecule has 0 aromatic heterocycles. The summed E-state index contributed by atoms with van der Waals surface area (Å²) in [6.45, 7) is 4.01. The Balaban J connectivity index is 1.70. The van der Waals surface area contributed by atoms with E-state index in [2.05, 4.69) is 36.5 Å². The van der Waals surface area contributed by atoms with Gasteiger partial charge in [0.25, 0.3) is 0 Å². The van der Waals surface area contributed by atoms with Crippen LogP contribution in [-0.4, -0.2) is 19.2 Å². The van der Waals surface area contributed by atoms with Crippen molar-refractivity contribution in [2.75, 3.05) is 13.2 Å². The predicted molar refractivity (Wildman–Crippen MR) is 69.0 cm³/mol. The first-order chi connectivity index (χ1) is 8.33. The Morgan fingerprint density at radius 2 is 2.00 bits per heavy atom. The SMILES string of the molecule is Cc1ccc(C2CNC3CCCC3CO2)cc1. The van der Waals surface area contributed by atoms with E-state index in [-0.39, 0.29) is 6.10 Å². The van der Waals surface area contributed by atoms with Crippen molar-refractivity contribution >= 4 is 0 Å². The topological polar surface area (TPSA) is 21.3 Å². The lowest BCUT2D eigenvalue weighted by atomic mass is 10.1. The monoisotopic (exact) mass is 231 g/mol. The smallest absolute Gasteiger partial charge is 0.0949 e. The number of rotatable bonds is 1. The molecule has 1 saturated carbocycles. The van der Waals surface area contributed by atoms with E-state index in [4.69, 9.17) is 4.74 Å². The Kier molecular flexibility index (Phi) is 3.17. The Labute approximate surface area is 103 Å². The number of hydrogen-bond acceptors (Lipinski definition) is 2. The van der Waals surface area contributed by atoms with Crippen LogP contribution in [0.25, 0.3) is 0 Å². The van der Waals surface area contributed by atoms with Crippen molar-refractivity contribution in [1.29, 1.82) is 0 Å². The molecule has 0 spiro atoms. The molecule has 2 fully saturated rings. The highest BCUT2D eigenvalue weighted by atomic mass is 16.5. The van der Waals surface area contributed by atoms with E-state index in [1.54, 1.807) is 0 Å². The molecule has 2 aliphatic rings. The molecule has 1 heterocycles. The van der Waals surface area contributed by atoms with Crippen molar-refractivity contribution in [2.45, 2.75) is 38.3 Å². The zero-order chi connectivity index (χ0) is 11.7. The lowest BCUT2D eigenvalue weighted by Gasteiger charge is -2.16. The summed E-state index contributed by atoms with van der Waals surface area (Å²) in [5.74, 6) is 0.741. The third-order valence-corrected chi connectivity index (χ3v) is 4.19. The average molecular weight is 231 g/mol. The first kappa shape index (κ1) is 11.2. The molecule has 1 aliphatic carbocycles. The molecule has 17 heavy (non-hydrogen) atoms. The van der Waals surface area contributed by atoms with Gasteiger partial charge in [0.1, 0.15) is 0 Å². The van der Waals surface area contributed by atoms with Gasteiger partial charge in [-0.15, -0.1) is 0 Å². The van der Waals surface area contributed by atoms with Crippen LogP contribution >= 0.6 is 0 Å². The Morgan fingerprint density at radius 3 is 2.82 bits per heavy atom. The molecular formula is C15H21NO. The number of aryl methyl sites for hydroxylation is 1. The van der Waals surface area contributed by atoms with E-state index >= 15 is 0 Å². The second kappa shape index (κ2) is 4.79. The lowest BCUT2D eigenvalue weighted by Crippen LogP contribution is -2.32. The molecule has 92 valence electrons. The van der Waals surface area contributed by atoms with Gasteiger partial charge in [-0.25, -0.2) is 0 Å². The molecule has 0 amide bonds. The van der Waals surface area contributed by atoms with Crippen molar-refractivity contribution < 1.29 is 4.74 Å². The molecule has 0 bridgehead atoms. The third-order valence-electron chi connectivity index (χ3n) is 4.19. The maximum Gasteiger partial charge on any atom is 0.0949 e. The molecule has 1 saturated heterocycles. The highest BCUT2D eigenvalue weighted by molar-refractivity contribution is 5.23. The van der Waals surface area contributed by atoms with Crippen molar-refractivity contribution in [1.82, 2.24) is 5.32 Å². The van der Waals surface area contributed by atoms with E-state index in [0.717, 1.165) is 19.1 Å². The van der Waals surface area contributed by atoms with Gasteiger partial charge in [0.05, 0.1) is 12.7 Å². The summed E-state index contributed by atoms with van der Waals surface area (Å²) in [6.07, 6.45) is 4.26. The van der Waals surface area contributed by atoms with Gasteiger partial charge in [-0.05, 0) is 31.2 Å². The standard InChI is InChI=1S/C15H21NO/c1-11-5-7-12(8-6-11)15-9-16-14-4-2-3-13(14)10-17-15/h5-8,13-16H,2-4,9-10H2,1H3. The minimum Gasteiger partial charge on any atom is -0.372 e. The molecule has 3 atom stereocenters. The zero-order valence-electron chi connectivity index (χ0n) is 10.5. The largest absolute Gasteiger partial charge is 0.372 e. The van der Waals surface area contributed by atoms with Gasteiger partial charge in [-0.2, -0.15) is 0 Å². The maximum atomic E-state index is 6.08. The van der Waals surface area contributed by atoms with Crippen molar-refractivity contribution in [3.8, 4) is 0 Å². The molecule has 2 heteroatoms. The van der Waals surface area contributed by atoms with Gasteiger partial charge in [0.15, 0.2) is 0 Å². The highest BCUT2D eigenvalue weighted by Crippen LogP contribution is 2.31. The van der Waals surface area contributed by atoms with E-state index in [1.807, 2.05) is 0 Å². The Morgan fingerprint density at radius 1 is 1.18 bits per heavy atom. The number of fused-ring (bicyclic) bond motifs is 1. The van der Waals surface area contributed by atoms with Crippen LogP contribution in [0.2, 0.25) is 0 Å². The molecule has 2 nitrogen and oxygen atoms in total. The number of ether oxygens (including phenoxy) is 1. The predicted octanol–water partition coefficient (Wildman–Crippen LogP) is 2.82. The third kappa shape index (κ3) is 2.38. The quantitative estimate of drug-likeness (QED) is 0.802. The Hall–Kier alpha value is -0.860. The molecule has 0 radical (unpaired) electrons. The summed E-state index contributed by atoms with van der Waals surface area (Å²) in [4.78, 5) is 0. The van der Waals surface area contributed by atoms with Crippen LogP contribution in [0, 0.1) is 12.8 Å². The van der Waals surface area contributed by atoms with Crippen molar-refractivity contribution in [2.24, 2.45) is 5.92 Å². The number of benzene rings is 1. The number of nitrogens with one attached hydrogen (secondary N) is 1. The second-order valence-corrected chi connectivity index (χ2v) is 5.44. The van der Waals surface area contributed by atoms with E-state index in [9.17, 15) is 0 Å². The fourth-order valence-electron chi connectivity index (χ4n) is 3.06. The highest BCUT2D eigenvalue weighted by Gasteiger charge is 2.31. The van der Waals surface area contributed by atoms with Crippen LogP contribution in [-0.2, 0) is 4.74 Å². The van der Waals surface area contributed by atoms with Gasteiger partial charge < -0.3 is 10.1 Å². The second-order valence-electron chi connectivity index (χ2n) is 5.44. The minimum atomic E-state index is 0.237. The van der Waals surface area contributed by atoms with Crippen LogP contribution in [0.1, 0.15) is 36.5 Å². The lowest BCUT2D eigenvalue weighted by molar-refractivity contribution is 0.0474. The van der Waals surface area contributed by atoms with E-state index in [0.29, 0.717) is 6.04 Å². The summed E-state index contributed by atoms with van der Waals surface area (Å²) in [5, 5.41) is 3.68. The first-order valence-electron chi connectivity index (χ1n) is 6.74. The van der Waals surface area contributed by atoms with Crippen LogP contribution in [0.15, 0.2) is 24.3 Å². The van der Waals surface area contributed by atoms with Gasteiger partial charge >= 0.3 is 0 Å². The van der Waals surface area contributed by atoms with Crippen LogP contribution in [0.3, 0.4) is 0 Å². The normalized spacial score (nSPS) is 33.1. The molecule has 1 aliphatic heterocycles. The van der Waals surface area contributed by atoms with Gasteiger partial charge in [-0.1, -0.05) is 36.2 Å². The maximum absolute atomic E-state index is 6.08. The molecular weight excluding hydrogens is 210 g/mol. The average Bonchev–Trinajstić information content (AvgIpc) is 2.70. The molecule has 1 aromatic carbocycles. The van der Waals surface area contributed by atoms with E-state index in [1.165, 1.54) is 30.4 Å². The van der Waals surface area contributed by atoms with Crippen LogP contribution in [0.4, 0.5) is 0 Å². The fraction of sp³-hybridized carbons (Fsp3) is 0.600. The summed E-state index contributed by atoms with van der Waals surface area (Å²) in [6, 6.07) is 9.44. The van der Waals surface area contributed by atoms with Crippen molar-refractivity contribution in [3.63, 3.8) is 0 Å². The summed E-state index contributed by atoms with van der Waals surface area (Å²) in [7, 11) is 0. The van der Waals surface area contributed by atoms with E-state index < -0.39 is 0 Å². The Bertz CT molecular complexity index is 359. The van der Waals surface area contributed by atoms with Crippen molar-refractivity contribution in [3.05, 3.63) is 35.4 Å². The number of hydrogen-bond donors (Lipinski definition) is 1. The van der Waals surface area contributed by atoms with Gasteiger partial charge in [0, 0.05) is 12.6 Å². The molecule has 1 aromatic rings. The molecule has 1 N–H and O–H groups in total. The van der Waals surface area contributed by atoms with Gasteiger partial charge in [0.2, 0.25) is 0 Å². The first-order valence-corrected chi connectivity index (χ1v) is 6.74. The zero-order valence-corrected chi connectivity index (χ0v) is 10.5. The molecule has 3 rings (SSSR count). The van der Waals surface area contributed by atoms with Crippen LogP contribution in [0.5, 0.6) is 0 Å². The fourth-order valence-corrected chi connectivity index (χ4v) is 3.06. The minimum absolute atomic E-state index is 0.237. The summed E-state index contributed by atoms with van der Waals surface area (Å²) < 4.78 is 6.08. The van der Waals surface area contributed by atoms with Gasteiger partial charge in [-0.3, -0.25) is 0 Å². The summed E-state index contributed by atoms with van der Waals surface area (Å²) in [5.41, 5.74) is 2.62. The van der Waals surface area contributed by atoms with Crippen LogP contribution < -0.4 is 5.32 Å². The molecule has 3 unspecified atom stereocenters.